The number of methoxy groups -OCH3 is 1. The van der Waals surface area contributed by atoms with Gasteiger partial charge in [0.25, 0.3) is 0 Å². The van der Waals surface area contributed by atoms with E-state index >= 15 is 0 Å². The molecule has 2 unspecified atom stereocenters. The van der Waals surface area contributed by atoms with Crippen molar-refractivity contribution in [1.82, 2.24) is 10.2 Å². The minimum Gasteiger partial charge on any atom is -0.496 e. The SMILES string of the molecule is CN=C(NCC(C)CSc1ccccc1OC)N1CCC(OCC2CCCCO2)CC1.I. The molecule has 8 heteroatoms. The Kier molecular flexibility index (Phi) is 13.1. The van der Waals surface area contributed by atoms with Crippen LogP contribution in [0.3, 0.4) is 0 Å². The van der Waals surface area contributed by atoms with E-state index in [2.05, 4.69) is 34.3 Å². The third-order valence-corrected chi connectivity index (χ3v) is 7.33. The van der Waals surface area contributed by atoms with Gasteiger partial charge in [0, 0.05) is 43.9 Å². The highest BCUT2D eigenvalue weighted by Crippen LogP contribution is 2.29. The molecule has 32 heavy (non-hydrogen) atoms. The first-order valence-corrected chi connectivity index (χ1v) is 12.6. The predicted molar refractivity (Wildman–Crippen MR) is 144 cm³/mol. The van der Waals surface area contributed by atoms with Crippen molar-refractivity contribution in [3.8, 4) is 5.75 Å². The Hall–Kier alpha value is -0.710. The highest BCUT2D eigenvalue weighted by Gasteiger charge is 2.24. The number of aliphatic imine (C=N–C) groups is 1. The number of hydrogen-bond donors (Lipinski definition) is 1. The van der Waals surface area contributed by atoms with E-state index in [0.29, 0.717) is 18.1 Å². The summed E-state index contributed by atoms with van der Waals surface area (Å²) in [5.74, 6) is 3.50. The van der Waals surface area contributed by atoms with Crippen molar-refractivity contribution in [1.29, 1.82) is 0 Å². The molecule has 0 radical (unpaired) electrons. The van der Waals surface area contributed by atoms with Gasteiger partial charge in [-0.25, -0.2) is 0 Å². The van der Waals surface area contributed by atoms with Crippen LogP contribution in [0.4, 0.5) is 0 Å². The normalized spacial score (nSPS) is 21.0. The second kappa shape index (κ2) is 15.2. The van der Waals surface area contributed by atoms with Crippen LogP contribution < -0.4 is 10.1 Å². The zero-order valence-corrected chi connectivity index (χ0v) is 22.9. The minimum atomic E-state index is 0. The molecule has 2 atom stereocenters. The van der Waals surface area contributed by atoms with Crippen LogP contribution in [-0.2, 0) is 9.47 Å². The number of benzene rings is 1. The standard InChI is InChI=1S/C24H39N3O3S.HI/c1-19(18-31-23-10-5-4-9-22(23)28-3)16-26-24(25-2)27-13-11-20(12-14-27)30-17-21-8-6-7-15-29-21;/h4-5,9-10,19-21H,6-8,11-18H2,1-3H3,(H,25,26);1H. The second-order valence-corrected chi connectivity index (χ2v) is 9.57. The number of thioether (sulfide) groups is 1. The van der Waals surface area contributed by atoms with E-state index in [4.69, 9.17) is 14.2 Å². The lowest BCUT2D eigenvalue weighted by Crippen LogP contribution is -2.48. The fourth-order valence-corrected chi connectivity index (χ4v) is 5.09. The van der Waals surface area contributed by atoms with E-state index in [1.54, 1.807) is 7.11 Å². The lowest BCUT2D eigenvalue weighted by molar-refractivity contribution is -0.0721. The molecule has 2 aliphatic rings. The van der Waals surface area contributed by atoms with Crippen LogP contribution in [0.15, 0.2) is 34.2 Å². The van der Waals surface area contributed by atoms with E-state index in [1.807, 2.05) is 30.9 Å². The van der Waals surface area contributed by atoms with Crippen LogP contribution in [0.25, 0.3) is 0 Å². The first kappa shape index (κ1) is 27.5. The summed E-state index contributed by atoms with van der Waals surface area (Å²) in [5.41, 5.74) is 0. The van der Waals surface area contributed by atoms with Crippen LogP contribution in [0.5, 0.6) is 5.75 Å². The number of halogens is 1. The molecule has 1 aromatic rings. The molecule has 1 N–H and O–H groups in total. The molecule has 0 spiro atoms. The zero-order chi connectivity index (χ0) is 21.9. The Balaban J connectivity index is 0.00000363. The smallest absolute Gasteiger partial charge is 0.193 e. The summed E-state index contributed by atoms with van der Waals surface area (Å²) in [6.07, 6.45) is 6.35. The van der Waals surface area contributed by atoms with Crippen LogP contribution >= 0.6 is 35.7 Å². The van der Waals surface area contributed by atoms with Gasteiger partial charge >= 0.3 is 0 Å². The van der Waals surface area contributed by atoms with E-state index < -0.39 is 0 Å². The van der Waals surface area contributed by atoms with Gasteiger partial charge in [-0.1, -0.05) is 19.1 Å². The van der Waals surface area contributed by atoms with Gasteiger partial charge in [-0.05, 0) is 50.2 Å². The highest BCUT2D eigenvalue weighted by molar-refractivity contribution is 14.0. The van der Waals surface area contributed by atoms with Crippen molar-refractivity contribution >= 4 is 41.7 Å². The van der Waals surface area contributed by atoms with Gasteiger partial charge in [0.2, 0.25) is 0 Å². The van der Waals surface area contributed by atoms with E-state index in [9.17, 15) is 0 Å². The molecule has 0 amide bonds. The third-order valence-electron chi connectivity index (χ3n) is 5.95. The molecule has 0 saturated carbocycles. The largest absolute Gasteiger partial charge is 0.496 e. The summed E-state index contributed by atoms with van der Waals surface area (Å²) in [6.45, 7) is 6.80. The van der Waals surface area contributed by atoms with Crippen LogP contribution in [0.2, 0.25) is 0 Å². The number of hydrogen-bond acceptors (Lipinski definition) is 5. The van der Waals surface area contributed by atoms with Crippen LogP contribution in [0.1, 0.15) is 39.0 Å². The lowest BCUT2D eigenvalue weighted by atomic mass is 10.1. The van der Waals surface area contributed by atoms with Crippen LogP contribution in [0, 0.1) is 5.92 Å². The number of guanidine groups is 1. The van der Waals surface area contributed by atoms with Crippen molar-refractivity contribution in [2.24, 2.45) is 10.9 Å². The molecule has 0 aromatic heterocycles. The van der Waals surface area contributed by atoms with Gasteiger partial charge in [0.15, 0.2) is 5.96 Å². The van der Waals surface area contributed by atoms with E-state index in [0.717, 1.165) is 69.6 Å². The molecule has 0 aliphatic carbocycles. The maximum absolute atomic E-state index is 6.15. The van der Waals surface area contributed by atoms with Crippen molar-refractivity contribution in [2.75, 3.05) is 52.8 Å². The fraction of sp³-hybridized carbons (Fsp3) is 0.708. The van der Waals surface area contributed by atoms with Gasteiger partial charge in [-0.3, -0.25) is 4.99 Å². The number of likely N-dealkylation sites (tertiary alicyclic amines) is 1. The van der Waals surface area contributed by atoms with Crippen molar-refractivity contribution in [2.45, 2.75) is 56.1 Å². The number of nitrogens with one attached hydrogen (secondary N) is 1. The molecule has 0 bridgehead atoms. The van der Waals surface area contributed by atoms with Gasteiger partial charge in [-0.2, -0.15) is 0 Å². The molecule has 2 fully saturated rings. The highest BCUT2D eigenvalue weighted by atomic mass is 127. The van der Waals surface area contributed by atoms with Gasteiger partial charge < -0.3 is 24.4 Å². The maximum Gasteiger partial charge on any atom is 0.193 e. The number of para-hydroxylation sites is 1. The molecule has 6 nitrogen and oxygen atoms in total. The van der Waals surface area contributed by atoms with Crippen LogP contribution in [-0.4, -0.2) is 75.8 Å². The number of nitrogens with zero attached hydrogens (tertiary/aromatic N) is 2. The molecule has 2 saturated heterocycles. The van der Waals surface area contributed by atoms with E-state index in [1.165, 1.54) is 17.7 Å². The Morgan fingerprint density at radius 1 is 1.25 bits per heavy atom. The molecular weight excluding hydrogens is 537 g/mol. The topological polar surface area (TPSA) is 55.3 Å². The third kappa shape index (κ3) is 8.91. The Labute approximate surface area is 215 Å². The summed E-state index contributed by atoms with van der Waals surface area (Å²) in [4.78, 5) is 8.07. The minimum absolute atomic E-state index is 0. The first-order valence-electron chi connectivity index (χ1n) is 11.6. The second-order valence-electron chi connectivity index (χ2n) is 8.50. The monoisotopic (exact) mass is 577 g/mol. The predicted octanol–water partition coefficient (Wildman–Crippen LogP) is 4.67. The van der Waals surface area contributed by atoms with Gasteiger partial charge in [-0.15, -0.1) is 35.7 Å². The van der Waals surface area contributed by atoms with Gasteiger partial charge in [0.1, 0.15) is 5.75 Å². The Morgan fingerprint density at radius 2 is 2.03 bits per heavy atom. The molecule has 1 aromatic carbocycles. The summed E-state index contributed by atoms with van der Waals surface area (Å²) >= 11 is 1.85. The molecule has 3 rings (SSSR count). The lowest BCUT2D eigenvalue weighted by Gasteiger charge is -2.35. The molecule has 2 aliphatic heterocycles. The average molecular weight is 578 g/mol. The molecular formula is C24H40IN3O3S. The van der Waals surface area contributed by atoms with Crippen molar-refractivity contribution in [3.63, 3.8) is 0 Å². The fourth-order valence-electron chi connectivity index (χ4n) is 4.04. The summed E-state index contributed by atoms with van der Waals surface area (Å²) < 4.78 is 17.4. The summed E-state index contributed by atoms with van der Waals surface area (Å²) in [5, 5.41) is 3.57. The number of piperidine rings is 1. The van der Waals surface area contributed by atoms with Crippen molar-refractivity contribution < 1.29 is 14.2 Å². The maximum atomic E-state index is 6.15. The zero-order valence-electron chi connectivity index (χ0n) is 19.8. The molecule has 2 heterocycles. The summed E-state index contributed by atoms with van der Waals surface area (Å²) in [7, 11) is 3.60. The average Bonchev–Trinajstić information content (AvgIpc) is 2.83. The van der Waals surface area contributed by atoms with Gasteiger partial charge in [0.05, 0.1) is 25.9 Å². The Morgan fingerprint density at radius 3 is 2.72 bits per heavy atom. The number of rotatable bonds is 9. The Bertz CT molecular complexity index is 680. The van der Waals surface area contributed by atoms with E-state index in [-0.39, 0.29) is 24.0 Å². The first-order chi connectivity index (χ1) is 15.2. The molecule has 182 valence electrons. The quantitative estimate of drug-likeness (QED) is 0.199. The van der Waals surface area contributed by atoms with Crippen molar-refractivity contribution in [3.05, 3.63) is 24.3 Å². The number of ether oxygens (including phenoxy) is 3. The summed E-state index contributed by atoms with van der Waals surface area (Å²) in [6, 6.07) is 8.21.